The van der Waals surface area contributed by atoms with E-state index < -0.39 is 31.7 Å². The van der Waals surface area contributed by atoms with Gasteiger partial charge in [0.1, 0.15) is 5.60 Å². The van der Waals surface area contributed by atoms with Crippen molar-refractivity contribution in [2.24, 2.45) is 5.92 Å². The summed E-state index contributed by atoms with van der Waals surface area (Å²) in [4.78, 5) is 14.3. The molecule has 9 nitrogen and oxygen atoms in total. The SMILES string of the molecule is COc1cc2c(c(OC)c1OC)-c1c(cc3c(c1OC)OCO3)[C@@H](O[Si](C)(C)C(C)(C)C)[C@H](C)[C@](C)(O)C2=O. The Morgan fingerprint density at radius 2 is 1.56 bits per heavy atom. The van der Waals surface area contributed by atoms with Crippen LogP contribution in [-0.2, 0) is 4.43 Å². The molecule has 2 aliphatic rings. The summed E-state index contributed by atoms with van der Waals surface area (Å²) >= 11 is 0. The molecule has 214 valence electrons. The molecular weight excluding hydrogens is 520 g/mol. The van der Waals surface area contributed by atoms with Crippen molar-refractivity contribution in [3.05, 3.63) is 23.3 Å². The van der Waals surface area contributed by atoms with E-state index in [0.717, 1.165) is 0 Å². The Balaban J connectivity index is 2.22. The van der Waals surface area contributed by atoms with Gasteiger partial charge in [-0.15, -0.1) is 0 Å². The molecule has 10 heteroatoms. The third-order valence-corrected chi connectivity index (χ3v) is 13.0. The number of ether oxygens (including phenoxy) is 6. The molecule has 0 spiro atoms. The number of Topliss-reactive ketones (excluding diaryl/α,β-unsaturated/α-hetero) is 1. The fraction of sp³-hybridized carbons (Fsp3) is 0.552. The lowest BCUT2D eigenvalue weighted by atomic mass is 9.72. The highest BCUT2D eigenvalue weighted by molar-refractivity contribution is 6.74. The number of methoxy groups -OCH3 is 4. The van der Waals surface area contributed by atoms with Gasteiger partial charge < -0.3 is 38.0 Å². The summed E-state index contributed by atoms with van der Waals surface area (Å²) < 4.78 is 41.8. The number of carbonyl (C=O) groups is 1. The first-order valence-corrected chi connectivity index (χ1v) is 15.9. The molecule has 39 heavy (non-hydrogen) atoms. The molecule has 0 bridgehead atoms. The predicted octanol–water partition coefficient (Wildman–Crippen LogP) is 5.76. The van der Waals surface area contributed by atoms with E-state index >= 15 is 0 Å². The molecule has 1 N–H and O–H groups in total. The van der Waals surface area contributed by atoms with Gasteiger partial charge in [-0.05, 0) is 42.8 Å². The van der Waals surface area contributed by atoms with E-state index in [4.69, 9.17) is 32.8 Å². The van der Waals surface area contributed by atoms with Crippen LogP contribution in [-0.4, -0.2) is 60.0 Å². The molecule has 2 aromatic rings. The molecular formula is C29H40O9Si. The first-order chi connectivity index (χ1) is 18.2. The second-order valence-electron chi connectivity index (χ2n) is 11.7. The van der Waals surface area contributed by atoms with Crippen LogP contribution in [0.2, 0.25) is 18.1 Å². The normalized spacial score (nSPS) is 22.4. The number of carbonyl (C=O) groups excluding carboxylic acids is 1. The van der Waals surface area contributed by atoms with Crippen molar-refractivity contribution in [3.8, 4) is 45.6 Å². The highest BCUT2D eigenvalue weighted by Gasteiger charge is 2.51. The Kier molecular flexibility index (Phi) is 7.37. The summed E-state index contributed by atoms with van der Waals surface area (Å²) in [6.45, 7) is 14.1. The van der Waals surface area contributed by atoms with Gasteiger partial charge in [-0.1, -0.05) is 27.7 Å². The lowest BCUT2D eigenvalue weighted by molar-refractivity contribution is -0.0293. The molecule has 1 heterocycles. The Bertz CT molecular complexity index is 1290. The first kappa shape index (κ1) is 29.0. The molecule has 0 saturated carbocycles. The molecule has 0 saturated heterocycles. The molecule has 4 rings (SSSR count). The highest BCUT2D eigenvalue weighted by atomic mass is 28.4. The van der Waals surface area contributed by atoms with Crippen molar-refractivity contribution in [1.29, 1.82) is 0 Å². The molecule has 0 radical (unpaired) electrons. The predicted molar refractivity (Wildman–Crippen MR) is 149 cm³/mol. The highest BCUT2D eigenvalue weighted by Crippen LogP contribution is 2.59. The third kappa shape index (κ3) is 4.42. The van der Waals surface area contributed by atoms with Gasteiger partial charge in [-0.2, -0.15) is 0 Å². The van der Waals surface area contributed by atoms with Crippen molar-refractivity contribution in [2.75, 3.05) is 35.2 Å². The average molecular weight is 561 g/mol. The lowest BCUT2D eigenvalue weighted by Crippen LogP contribution is -2.50. The smallest absolute Gasteiger partial charge is 0.231 e. The number of rotatable bonds is 6. The zero-order valence-corrected chi connectivity index (χ0v) is 25.7. The summed E-state index contributed by atoms with van der Waals surface area (Å²) in [6.07, 6.45) is -0.700. The van der Waals surface area contributed by atoms with Gasteiger partial charge in [0, 0.05) is 22.6 Å². The van der Waals surface area contributed by atoms with Crippen LogP contribution in [0, 0.1) is 5.92 Å². The van der Waals surface area contributed by atoms with Crippen LogP contribution in [0.5, 0.6) is 34.5 Å². The average Bonchev–Trinajstić information content (AvgIpc) is 3.35. The van der Waals surface area contributed by atoms with Crippen molar-refractivity contribution in [3.63, 3.8) is 0 Å². The van der Waals surface area contributed by atoms with Crippen molar-refractivity contribution >= 4 is 14.1 Å². The van der Waals surface area contributed by atoms with Gasteiger partial charge >= 0.3 is 0 Å². The van der Waals surface area contributed by atoms with Crippen molar-refractivity contribution < 1.29 is 42.7 Å². The summed E-state index contributed by atoms with van der Waals surface area (Å²) in [6, 6.07) is 3.43. The van der Waals surface area contributed by atoms with Crippen LogP contribution in [0.1, 0.15) is 56.6 Å². The zero-order valence-electron chi connectivity index (χ0n) is 24.7. The summed E-state index contributed by atoms with van der Waals surface area (Å²) in [5, 5.41) is 11.8. The van der Waals surface area contributed by atoms with Crippen molar-refractivity contribution in [2.45, 2.75) is 64.5 Å². The second-order valence-corrected chi connectivity index (χ2v) is 16.5. The van der Waals surface area contributed by atoms with E-state index in [1.807, 2.05) is 13.0 Å². The monoisotopic (exact) mass is 560 g/mol. The van der Waals surface area contributed by atoms with E-state index in [0.29, 0.717) is 45.4 Å². The second kappa shape index (κ2) is 9.90. The van der Waals surface area contributed by atoms with Gasteiger partial charge in [-0.25, -0.2) is 0 Å². The van der Waals surface area contributed by atoms with Crippen LogP contribution in [0.25, 0.3) is 11.1 Å². The quantitative estimate of drug-likeness (QED) is 0.442. The fourth-order valence-corrected chi connectivity index (χ4v) is 6.31. The molecule has 0 amide bonds. The Morgan fingerprint density at radius 3 is 2.10 bits per heavy atom. The maximum Gasteiger partial charge on any atom is 0.231 e. The Labute approximate surface area is 231 Å². The topological polar surface area (TPSA) is 102 Å². The van der Waals surface area contributed by atoms with Gasteiger partial charge in [0.15, 0.2) is 37.1 Å². The number of hydrogen-bond acceptors (Lipinski definition) is 9. The molecule has 1 aliphatic carbocycles. The van der Waals surface area contributed by atoms with Gasteiger partial charge in [0.2, 0.25) is 18.3 Å². The Morgan fingerprint density at radius 1 is 0.949 bits per heavy atom. The minimum Gasteiger partial charge on any atom is -0.493 e. The first-order valence-electron chi connectivity index (χ1n) is 12.9. The van der Waals surface area contributed by atoms with E-state index in [1.54, 1.807) is 6.07 Å². The largest absolute Gasteiger partial charge is 0.493 e. The molecule has 1 aliphatic heterocycles. The summed E-state index contributed by atoms with van der Waals surface area (Å²) in [5.41, 5.74) is 0.0158. The van der Waals surface area contributed by atoms with Crippen LogP contribution in [0.15, 0.2) is 12.1 Å². The van der Waals surface area contributed by atoms with Gasteiger partial charge in [-0.3, -0.25) is 4.79 Å². The summed E-state index contributed by atoms with van der Waals surface area (Å²) in [7, 11) is 3.57. The number of benzene rings is 2. The van der Waals surface area contributed by atoms with E-state index in [2.05, 4.69) is 33.9 Å². The van der Waals surface area contributed by atoms with Crippen molar-refractivity contribution in [1.82, 2.24) is 0 Å². The number of fused-ring (bicyclic) bond motifs is 4. The van der Waals surface area contributed by atoms with Crippen LogP contribution in [0.3, 0.4) is 0 Å². The molecule has 0 aromatic heterocycles. The Hall–Kier alpha value is -2.95. The standard InChI is InChI=1S/C29H40O9Si/c1-15-22(38-39(10,11)28(2,3)4)16-12-19-24(37-14-36-19)26(35-9)20(16)21-17(27(30)29(15,5)31)13-18(32-6)23(33-7)25(21)34-8/h12-13,15,22,31H,14H2,1-11H3/t15-,22-,29-/m0/s1. The van der Waals surface area contributed by atoms with E-state index in [-0.39, 0.29) is 23.1 Å². The number of hydrogen-bond donors (Lipinski definition) is 1. The fourth-order valence-electron chi connectivity index (χ4n) is 5.00. The minimum absolute atomic E-state index is 0.0183. The third-order valence-electron chi connectivity index (χ3n) is 8.51. The van der Waals surface area contributed by atoms with Gasteiger partial charge in [0.05, 0.1) is 34.5 Å². The molecule has 3 atom stereocenters. The van der Waals surface area contributed by atoms with Crippen LogP contribution in [0.4, 0.5) is 0 Å². The number of ketones is 1. The maximum atomic E-state index is 14.3. The van der Waals surface area contributed by atoms with Gasteiger partial charge in [0.25, 0.3) is 0 Å². The maximum absolute atomic E-state index is 14.3. The number of aliphatic hydroxyl groups is 1. The molecule has 2 aromatic carbocycles. The minimum atomic E-state index is -2.44. The summed E-state index contributed by atoms with van der Waals surface area (Å²) in [5.74, 6) is 0.973. The lowest BCUT2D eigenvalue weighted by Gasteiger charge is -2.45. The van der Waals surface area contributed by atoms with E-state index in [1.165, 1.54) is 35.4 Å². The molecule has 0 fully saturated rings. The van der Waals surface area contributed by atoms with E-state index in [9.17, 15) is 9.90 Å². The van der Waals surface area contributed by atoms with Crippen LogP contribution >= 0.6 is 0 Å². The zero-order chi connectivity index (χ0) is 29.1. The van der Waals surface area contributed by atoms with Crippen LogP contribution < -0.4 is 28.4 Å². The molecule has 0 unspecified atom stereocenters.